The fourth-order valence-corrected chi connectivity index (χ4v) is 11.4. The van der Waals surface area contributed by atoms with Crippen LogP contribution in [0.2, 0.25) is 0 Å². The van der Waals surface area contributed by atoms with Gasteiger partial charge in [-0.1, -0.05) is 345 Å². The molecule has 0 amide bonds. The Morgan fingerprint density at radius 2 is 0.562 bits per heavy atom. The Labute approximate surface area is 592 Å². The number of hydrogen-bond donors (Lipinski definition) is 1. The summed E-state index contributed by atoms with van der Waals surface area (Å²) < 4.78 is 34.8. The summed E-state index contributed by atoms with van der Waals surface area (Å²) >= 11 is 0. The predicted octanol–water partition coefficient (Wildman–Crippen LogP) is 26.3. The van der Waals surface area contributed by atoms with Crippen molar-refractivity contribution < 1.29 is 42.1 Å². The molecule has 0 aliphatic rings. The van der Waals surface area contributed by atoms with Gasteiger partial charge in [0.2, 0.25) is 0 Å². The predicted molar refractivity (Wildman–Crippen MR) is 417 cm³/mol. The van der Waals surface area contributed by atoms with Gasteiger partial charge in [0.1, 0.15) is 19.8 Å². The van der Waals surface area contributed by atoms with E-state index in [0.717, 1.165) is 122 Å². The minimum absolute atomic E-state index is 0.0269. The summed E-state index contributed by atoms with van der Waals surface area (Å²) in [6.07, 6.45) is 112. The van der Waals surface area contributed by atoms with Crippen LogP contribution < -0.4 is 0 Å². The molecule has 0 bridgehead atoms. The molecule has 9 nitrogen and oxygen atoms in total. The van der Waals surface area contributed by atoms with Gasteiger partial charge in [0.25, 0.3) is 0 Å². The topological polar surface area (TPSA) is 108 Å². The molecule has 96 heavy (non-hydrogen) atoms. The first-order valence-electron chi connectivity index (χ1n) is 39.2. The van der Waals surface area contributed by atoms with Crippen molar-refractivity contribution in [3.05, 3.63) is 158 Å². The van der Waals surface area contributed by atoms with Crippen LogP contribution in [0.3, 0.4) is 0 Å². The molecule has 548 valence electrons. The highest BCUT2D eigenvalue weighted by Crippen LogP contribution is 2.43. The molecule has 0 aromatic rings. The van der Waals surface area contributed by atoms with E-state index in [1.54, 1.807) is 0 Å². The number of phosphoric acid groups is 1. The van der Waals surface area contributed by atoms with Crippen molar-refractivity contribution in [3.63, 3.8) is 0 Å². The molecule has 0 aromatic heterocycles. The standard InChI is InChI=1S/C86H146NO8P/c1-6-8-10-12-14-16-18-20-22-24-26-28-30-32-34-36-38-40-42-43-45-47-49-51-53-55-57-59-61-63-65-67-69-71-73-75-77-79-86(89)95-84(83-94-96(90,91)93-81-80-87(3,4)5)82-92-85(88)78-76-74-72-70-68-66-64-62-60-58-56-54-52-50-48-46-44-41-39-37-35-33-31-29-27-25-23-21-19-17-15-13-11-9-7-2/h8-11,14-17,20-23,26-29,32-35,38-41,43,45,84H,6-7,12-13,18-19,24-25,30-31,36-37,42,44,46-83H2,1-5H3/p+1/b10-8-,11-9-,16-14-,17-15-,22-20-,23-21-,28-26-,29-27-,34-32-,35-33-,40-38-,41-39-,45-43-. The van der Waals surface area contributed by atoms with E-state index in [-0.39, 0.29) is 32.0 Å². The molecule has 2 unspecified atom stereocenters. The van der Waals surface area contributed by atoms with Crippen LogP contribution in [0.1, 0.15) is 322 Å². The van der Waals surface area contributed by atoms with Crippen molar-refractivity contribution in [2.45, 2.75) is 328 Å². The van der Waals surface area contributed by atoms with Crippen LogP contribution in [0.5, 0.6) is 0 Å². The fraction of sp³-hybridized carbons (Fsp3) is 0.674. The first-order chi connectivity index (χ1) is 47.0. The van der Waals surface area contributed by atoms with E-state index in [4.69, 9.17) is 18.5 Å². The summed E-state index contributed by atoms with van der Waals surface area (Å²) in [6.45, 7) is 4.22. The van der Waals surface area contributed by atoms with E-state index in [2.05, 4.69) is 172 Å². The Hall–Kier alpha value is -4.37. The maximum absolute atomic E-state index is 12.9. The zero-order chi connectivity index (χ0) is 69.7. The number of hydrogen-bond acceptors (Lipinski definition) is 7. The number of phosphoric ester groups is 1. The lowest BCUT2D eigenvalue weighted by Gasteiger charge is -2.24. The van der Waals surface area contributed by atoms with Crippen molar-refractivity contribution in [1.82, 2.24) is 0 Å². The molecule has 0 aliphatic carbocycles. The lowest BCUT2D eigenvalue weighted by molar-refractivity contribution is -0.870. The molecule has 0 saturated carbocycles. The van der Waals surface area contributed by atoms with E-state index in [1.807, 2.05) is 21.1 Å². The van der Waals surface area contributed by atoms with Crippen molar-refractivity contribution in [2.75, 3.05) is 47.5 Å². The van der Waals surface area contributed by atoms with Crippen LogP contribution in [-0.4, -0.2) is 74.9 Å². The largest absolute Gasteiger partial charge is 0.472 e. The number of likely N-dealkylation sites (N-methyl/N-ethyl adjacent to an activating group) is 1. The molecular formula is C86H147NO8P+. The maximum Gasteiger partial charge on any atom is 0.472 e. The molecule has 0 radical (unpaired) electrons. The second-order valence-corrected chi connectivity index (χ2v) is 28.4. The molecule has 0 spiro atoms. The van der Waals surface area contributed by atoms with Crippen molar-refractivity contribution in [3.8, 4) is 0 Å². The van der Waals surface area contributed by atoms with Crippen LogP contribution in [0.25, 0.3) is 0 Å². The van der Waals surface area contributed by atoms with Crippen LogP contribution in [0.4, 0.5) is 0 Å². The highest BCUT2D eigenvalue weighted by atomic mass is 31.2. The Morgan fingerprint density at radius 3 is 0.833 bits per heavy atom. The zero-order valence-electron chi connectivity index (χ0n) is 62.6. The molecule has 10 heteroatoms. The lowest BCUT2D eigenvalue weighted by Crippen LogP contribution is -2.37. The number of carbonyl (C=O) groups excluding carboxylic acids is 2. The third kappa shape index (κ3) is 78.6. The number of quaternary nitrogens is 1. The number of rotatable bonds is 71. The van der Waals surface area contributed by atoms with Gasteiger partial charge in [0.15, 0.2) is 6.10 Å². The second kappa shape index (κ2) is 74.8. The maximum atomic E-state index is 12.9. The summed E-state index contributed by atoms with van der Waals surface area (Å²) in [5.41, 5.74) is 0. The monoisotopic (exact) mass is 1350 g/mol. The highest BCUT2D eigenvalue weighted by Gasteiger charge is 2.27. The smallest absolute Gasteiger partial charge is 0.462 e. The SMILES string of the molecule is CC/C=C\C/C=C\C/C=C\C/C=C\C/C=C\C/C=C\C/C=C\CCCCCCCCCCCCCCCCCC(=O)OC(COC(=O)CCCCCCCCCCCCCCCCCC/C=C\C/C=C\C/C=C\C/C=C\C/C=C\C/C=C\CC)COP(=O)(O)OCC[N+](C)(C)C. The molecule has 0 aromatic carbocycles. The molecule has 1 N–H and O–H groups in total. The van der Waals surface area contributed by atoms with E-state index in [1.165, 1.54) is 167 Å². The van der Waals surface area contributed by atoms with Crippen molar-refractivity contribution >= 4 is 19.8 Å². The van der Waals surface area contributed by atoms with Gasteiger partial charge in [0.05, 0.1) is 27.7 Å². The van der Waals surface area contributed by atoms with Gasteiger partial charge in [-0.2, -0.15) is 0 Å². The van der Waals surface area contributed by atoms with Crippen LogP contribution >= 0.6 is 7.82 Å². The van der Waals surface area contributed by atoms with Gasteiger partial charge >= 0.3 is 19.8 Å². The molecule has 2 atom stereocenters. The number of allylic oxidation sites excluding steroid dienone is 26. The Balaban J connectivity index is 4.01. The summed E-state index contributed by atoms with van der Waals surface area (Å²) in [5, 5.41) is 0. The summed E-state index contributed by atoms with van der Waals surface area (Å²) in [4.78, 5) is 36.0. The van der Waals surface area contributed by atoms with Crippen molar-refractivity contribution in [2.24, 2.45) is 0 Å². The quantitative estimate of drug-likeness (QED) is 0.0211. The number of nitrogens with zero attached hydrogens (tertiary/aromatic N) is 1. The van der Waals surface area contributed by atoms with E-state index in [0.29, 0.717) is 17.4 Å². The van der Waals surface area contributed by atoms with Gasteiger partial charge in [-0.05, 0) is 122 Å². The number of ether oxygens (including phenoxy) is 2. The van der Waals surface area contributed by atoms with E-state index >= 15 is 0 Å². The minimum atomic E-state index is -4.40. The highest BCUT2D eigenvalue weighted by molar-refractivity contribution is 7.47. The first kappa shape index (κ1) is 91.6. The Kier molecular flexibility index (Phi) is 71.4. The third-order valence-electron chi connectivity index (χ3n) is 16.6. The van der Waals surface area contributed by atoms with Crippen LogP contribution in [0.15, 0.2) is 158 Å². The average molecular weight is 1350 g/mol. The van der Waals surface area contributed by atoms with Crippen LogP contribution in [-0.2, 0) is 32.7 Å². The first-order valence-corrected chi connectivity index (χ1v) is 40.7. The molecule has 0 saturated heterocycles. The Bertz CT molecular complexity index is 2180. The molecule has 0 fully saturated rings. The van der Waals surface area contributed by atoms with Gasteiger partial charge in [-0.25, -0.2) is 4.57 Å². The fourth-order valence-electron chi connectivity index (χ4n) is 10.6. The van der Waals surface area contributed by atoms with Gasteiger partial charge < -0.3 is 18.9 Å². The summed E-state index contributed by atoms with van der Waals surface area (Å²) in [6, 6.07) is 0. The normalized spacial score (nSPS) is 13.9. The number of esters is 2. The second-order valence-electron chi connectivity index (χ2n) is 27.0. The van der Waals surface area contributed by atoms with Gasteiger partial charge in [-0.3, -0.25) is 18.6 Å². The average Bonchev–Trinajstić information content (AvgIpc) is 2.72. The molecule has 0 aliphatic heterocycles. The molecular weight excluding hydrogens is 1210 g/mol. The summed E-state index contributed by atoms with van der Waals surface area (Å²) in [7, 11) is 1.47. The van der Waals surface area contributed by atoms with Gasteiger partial charge in [0, 0.05) is 12.8 Å². The van der Waals surface area contributed by atoms with E-state index in [9.17, 15) is 19.0 Å². The Morgan fingerprint density at radius 1 is 0.323 bits per heavy atom. The molecule has 0 rings (SSSR count). The zero-order valence-corrected chi connectivity index (χ0v) is 63.5. The van der Waals surface area contributed by atoms with E-state index < -0.39 is 26.5 Å². The van der Waals surface area contributed by atoms with Gasteiger partial charge in [-0.15, -0.1) is 0 Å². The third-order valence-corrected chi connectivity index (χ3v) is 17.5. The number of unbranched alkanes of at least 4 members (excludes halogenated alkanes) is 31. The number of carbonyl (C=O) groups is 2. The molecule has 0 heterocycles. The minimum Gasteiger partial charge on any atom is -0.462 e. The lowest BCUT2D eigenvalue weighted by atomic mass is 10.0. The van der Waals surface area contributed by atoms with Crippen LogP contribution in [0, 0.1) is 0 Å². The van der Waals surface area contributed by atoms with Crippen molar-refractivity contribution in [1.29, 1.82) is 0 Å². The summed E-state index contributed by atoms with van der Waals surface area (Å²) in [5.74, 6) is -0.794.